The molecule has 2 aliphatic rings. The van der Waals surface area contributed by atoms with Crippen LogP contribution in [0.15, 0.2) is 6.07 Å². The molecule has 1 aliphatic carbocycles. The Balaban J connectivity index is 2.04. The van der Waals surface area contributed by atoms with Crippen LogP contribution >= 0.6 is 11.6 Å². The summed E-state index contributed by atoms with van der Waals surface area (Å²) in [7, 11) is 0. The summed E-state index contributed by atoms with van der Waals surface area (Å²) in [6.07, 6.45) is 5.41. The van der Waals surface area contributed by atoms with Crippen LogP contribution in [0.2, 0.25) is 5.02 Å². The maximum absolute atomic E-state index is 6.47. The van der Waals surface area contributed by atoms with Gasteiger partial charge in [-0.25, -0.2) is 0 Å². The second-order valence-corrected chi connectivity index (χ2v) is 5.93. The molecule has 0 spiro atoms. The van der Waals surface area contributed by atoms with Gasteiger partial charge in [-0.3, -0.25) is 0 Å². The second kappa shape index (κ2) is 6.23. The monoisotopic (exact) mass is 295 g/mol. The van der Waals surface area contributed by atoms with E-state index in [0.717, 1.165) is 55.4 Å². The van der Waals surface area contributed by atoms with Crippen molar-refractivity contribution in [2.75, 3.05) is 19.8 Å². The minimum atomic E-state index is 0.341. The van der Waals surface area contributed by atoms with Crippen molar-refractivity contribution in [3.05, 3.63) is 22.2 Å². The van der Waals surface area contributed by atoms with E-state index in [9.17, 15) is 0 Å². The molecule has 0 bridgehead atoms. The van der Waals surface area contributed by atoms with E-state index in [-0.39, 0.29) is 0 Å². The summed E-state index contributed by atoms with van der Waals surface area (Å²) in [6.45, 7) is 4.64. The van der Waals surface area contributed by atoms with Crippen molar-refractivity contribution in [3.8, 4) is 11.5 Å². The molecule has 0 radical (unpaired) electrons. The molecule has 0 saturated heterocycles. The molecular formula is C16H22ClNO2. The highest BCUT2D eigenvalue weighted by Gasteiger charge is 2.29. The van der Waals surface area contributed by atoms with Crippen molar-refractivity contribution in [2.45, 2.75) is 45.1 Å². The van der Waals surface area contributed by atoms with E-state index >= 15 is 0 Å². The molecule has 20 heavy (non-hydrogen) atoms. The fourth-order valence-corrected chi connectivity index (χ4v) is 3.41. The first-order valence-corrected chi connectivity index (χ1v) is 8.03. The largest absolute Gasteiger partial charge is 0.489 e. The van der Waals surface area contributed by atoms with Gasteiger partial charge in [0, 0.05) is 29.1 Å². The maximum atomic E-state index is 6.47. The number of halogens is 1. The predicted octanol–water partition coefficient (Wildman–Crippen LogP) is 3.88. The first-order valence-electron chi connectivity index (χ1n) is 7.65. The zero-order valence-corrected chi connectivity index (χ0v) is 12.8. The molecule has 3 nitrogen and oxygen atoms in total. The molecule has 1 N–H and O–H groups in total. The SMILES string of the molecule is CCCNC1CCCc2c(Cl)cc3c(c21)OCCCO3. The normalized spacial score (nSPS) is 21.2. The Hall–Kier alpha value is -0.930. The van der Waals surface area contributed by atoms with Crippen LogP contribution < -0.4 is 14.8 Å². The van der Waals surface area contributed by atoms with E-state index in [4.69, 9.17) is 21.1 Å². The lowest BCUT2D eigenvalue weighted by Gasteiger charge is -2.30. The Labute approximate surface area is 125 Å². The Morgan fingerprint density at radius 1 is 1.30 bits per heavy atom. The predicted molar refractivity (Wildman–Crippen MR) is 81.0 cm³/mol. The van der Waals surface area contributed by atoms with Gasteiger partial charge >= 0.3 is 0 Å². The summed E-state index contributed by atoms with van der Waals surface area (Å²) in [6, 6.07) is 2.27. The fraction of sp³-hybridized carbons (Fsp3) is 0.625. The number of ether oxygens (including phenoxy) is 2. The standard InChI is InChI=1S/C16H22ClNO2/c1-2-7-18-13-6-3-5-11-12(17)10-14-16(15(11)13)20-9-4-8-19-14/h10,13,18H,2-9H2,1H3. The van der Waals surface area contributed by atoms with Gasteiger partial charge in [-0.2, -0.15) is 0 Å². The molecule has 110 valence electrons. The topological polar surface area (TPSA) is 30.5 Å². The fourth-order valence-electron chi connectivity index (χ4n) is 3.11. The average molecular weight is 296 g/mol. The molecule has 3 rings (SSSR count). The average Bonchev–Trinajstić information content (AvgIpc) is 2.70. The summed E-state index contributed by atoms with van der Waals surface area (Å²) in [5.74, 6) is 1.74. The van der Waals surface area contributed by atoms with Crippen molar-refractivity contribution >= 4 is 11.6 Å². The van der Waals surface area contributed by atoms with Crippen molar-refractivity contribution in [1.82, 2.24) is 5.32 Å². The Morgan fingerprint density at radius 3 is 3.00 bits per heavy atom. The molecule has 0 saturated carbocycles. The van der Waals surface area contributed by atoms with Gasteiger partial charge in [-0.1, -0.05) is 18.5 Å². The first kappa shape index (κ1) is 14.0. The van der Waals surface area contributed by atoms with Crippen LogP contribution in [-0.2, 0) is 6.42 Å². The van der Waals surface area contributed by atoms with E-state index < -0.39 is 0 Å². The number of nitrogens with one attached hydrogen (secondary N) is 1. The minimum absolute atomic E-state index is 0.341. The Bertz CT molecular complexity index is 490. The lowest BCUT2D eigenvalue weighted by molar-refractivity contribution is 0.294. The van der Waals surface area contributed by atoms with Crippen LogP contribution in [0, 0.1) is 0 Å². The van der Waals surface area contributed by atoms with E-state index in [1.165, 1.54) is 17.5 Å². The molecule has 0 aromatic heterocycles. The lowest BCUT2D eigenvalue weighted by Crippen LogP contribution is -2.26. The van der Waals surface area contributed by atoms with Gasteiger partial charge in [0.25, 0.3) is 0 Å². The van der Waals surface area contributed by atoms with E-state index in [0.29, 0.717) is 12.6 Å². The van der Waals surface area contributed by atoms with Crippen LogP contribution in [0.4, 0.5) is 0 Å². The van der Waals surface area contributed by atoms with Crippen LogP contribution in [-0.4, -0.2) is 19.8 Å². The minimum Gasteiger partial charge on any atom is -0.489 e. The van der Waals surface area contributed by atoms with E-state index in [1.54, 1.807) is 0 Å². The molecule has 1 heterocycles. The van der Waals surface area contributed by atoms with Gasteiger partial charge in [-0.05, 0) is 37.8 Å². The lowest BCUT2D eigenvalue weighted by atomic mass is 9.86. The van der Waals surface area contributed by atoms with Crippen LogP contribution in [0.25, 0.3) is 0 Å². The van der Waals surface area contributed by atoms with Crippen LogP contribution in [0.1, 0.15) is 49.8 Å². The first-order chi connectivity index (χ1) is 9.81. The number of fused-ring (bicyclic) bond motifs is 3. The second-order valence-electron chi connectivity index (χ2n) is 5.53. The van der Waals surface area contributed by atoms with E-state index in [2.05, 4.69) is 12.2 Å². The summed E-state index contributed by atoms with van der Waals surface area (Å²) in [5.41, 5.74) is 2.49. The Morgan fingerprint density at radius 2 is 2.15 bits per heavy atom. The number of hydrogen-bond acceptors (Lipinski definition) is 3. The molecule has 1 aliphatic heterocycles. The van der Waals surface area contributed by atoms with Crippen molar-refractivity contribution in [1.29, 1.82) is 0 Å². The molecular weight excluding hydrogens is 274 g/mol. The Kier molecular flexibility index (Phi) is 4.37. The zero-order chi connectivity index (χ0) is 13.9. The number of rotatable bonds is 3. The third kappa shape index (κ3) is 2.61. The van der Waals surface area contributed by atoms with Crippen LogP contribution in [0.3, 0.4) is 0 Å². The molecule has 0 amide bonds. The van der Waals surface area contributed by atoms with Crippen molar-refractivity contribution in [3.63, 3.8) is 0 Å². The third-order valence-electron chi connectivity index (χ3n) is 4.04. The van der Waals surface area contributed by atoms with Gasteiger partial charge in [-0.15, -0.1) is 0 Å². The summed E-state index contributed by atoms with van der Waals surface area (Å²) < 4.78 is 11.8. The van der Waals surface area contributed by atoms with Gasteiger partial charge in [0.2, 0.25) is 0 Å². The molecule has 4 heteroatoms. The van der Waals surface area contributed by atoms with Gasteiger partial charge in [0.15, 0.2) is 11.5 Å². The van der Waals surface area contributed by atoms with Gasteiger partial charge in [0.05, 0.1) is 13.2 Å². The molecule has 1 unspecified atom stereocenters. The third-order valence-corrected chi connectivity index (χ3v) is 4.38. The van der Waals surface area contributed by atoms with Gasteiger partial charge in [0.1, 0.15) is 0 Å². The number of hydrogen-bond donors (Lipinski definition) is 1. The molecule has 1 aromatic carbocycles. The van der Waals surface area contributed by atoms with Crippen molar-refractivity contribution < 1.29 is 9.47 Å². The highest BCUT2D eigenvalue weighted by molar-refractivity contribution is 6.31. The summed E-state index contributed by atoms with van der Waals surface area (Å²) in [4.78, 5) is 0. The quantitative estimate of drug-likeness (QED) is 0.918. The van der Waals surface area contributed by atoms with E-state index in [1.807, 2.05) is 6.07 Å². The smallest absolute Gasteiger partial charge is 0.166 e. The molecule has 0 fully saturated rings. The zero-order valence-electron chi connectivity index (χ0n) is 12.0. The van der Waals surface area contributed by atoms with Crippen molar-refractivity contribution in [2.24, 2.45) is 0 Å². The molecule has 1 atom stereocenters. The summed E-state index contributed by atoms with van der Waals surface area (Å²) >= 11 is 6.47. The van der Waals surface area contributed by atoms with Crippen LogP contribution in [0.5, 0.6) is 11.5 Å². The van der Waals surface area contributed by atoms with Gasteiger partial charge < -0.3 is 14.8 Å². The summed E-state index contributed by atoms with van der Waals surface area (Å²) in [5, 5.41) is 4.46. The molecule has 1 aromatic rings. The highest BCUT2D eigenvalue weighted by atomic mass is 35.5. The number of benzene rings is 1. The highest BCUT2D eigenvalue weighted by Crippen LogP contribution is 2.46. The maximum Gasteiger partial charge on any atom is 0.166 e.